The molecule has 2 rings (SSSR count). The van der Waals surface area contributed by atoms with E-state index in [2.05, 4.69) is 20.7 Å². The maximum atomic E-state index is 11.5. The summed E-state index contributed by atoms with van der Waals surface area (Å²) in [5, 5.41) is 19.5. The van der Waals surface area contributed by atoms with Crippen LogP contribution in [0.15, 0.2) is 35.6 Å². The molecule has 2 aromatic rings. The Hall–Kier alpha value is -2.63. The van der Waals surface area contributed by atoms with Crippen LogP contribution in [0.4, 0.5) is 0 Å². The number of phenolic OH excluding ortho intramolecular Hbond substituents is 1. The first-order valence-electron chi connectivity index (χ1n) is 5.29. The highest BCUT2D eigenvalue weighted by Crippen LogP contribution is 2.15. The number of benzene rings is 1. The van der Waals surface area contributed by atoms with E-state index in [1.807, 2.05) is 6.92 Å². The van der Waals surface area contributed by atoms with Crippen LogP contribution < -0.4 is 5.43 Å². The topological polar surface area (TPSA) is 90.4 Å². The molecule has 18 heavy (non-hydrogen) atoms. The molecule has 0 aliphatic carbocycles. The molecule has 6 nitrogen and oxygen atoms in total. The van der Waals surface area contributed by atoms with E-state index < -0.39 is 5.91 Å². The van der Waals surface area contributed by atoms with E-state index >= 15 is 0 Å². The standard InChI is InChI=1S/C12H12N4O2/c1-8-2-3-11(17)9(6-8)7-14-16-12(18)10-4-5-13-15-10/h2-7,17H,1H3,(H,13,15)(H,16,18)/b14-7+. The summed E-state index contributed by atoms with van der Waals surface area (Å²) in [5.41, 5.74) is 4.18. The zero-order valence-corrected chi connectivity index (χ0v) is 9.71. The number of hydrazone groups is 1. The first kappa shape index (κ1) is 11.8. The lowest BCUT2D eigenvalue weighted by Crippen LogP contribution is -2.18. The number of phenols is 1. The normalized spacial score (nSPS) is 10.7. The van der Waals surface area contributed by atoms with Crippen molar-refractivity contribution >= 4 is 12.1 Å². The minimum atomic E-state index is -0.393. The molecule has 1 amide bonds. The van der Waals surface area contributed by atoms with Crippen LogP contribution in [0.5, 0.6) is 5.75 Å². The van der Waals surface area contributed by atoms with Crippen molar-refractivity contribution in [3.63, 3.8) is 0 Å². The van der Waals surface area contributed by atoms with E-state index in [0.29, 0.717) is 11.3 Å². The molecule has 0 aliphatic rings. The summed E-state index contributed by atoms with van der Waals surface area (Å²) in [5.74, 6) is -0.281. The maximum absolute atomic E-state index is 11.5. The van der Waals surface area contributed by atoms with Gasteiger partial charge in [-0.15, -0.1) is 0 Å². The molecular weight excluding hydrogens is 232 g/mol. The number of aromatic nitrogens is 2. The highest BCUT2D eigenvalue weighted by Gasteiger charge is 2.04. The van der Waals surface area contributed by atoms with E-state index in [0.717, 1.165) is 5.56 Å². The smallest absolute Gasteiger partial charge is 0.289 e. The zero-order chi connectivity index (χ0) is 13.0. The van der Waals surface area contributed by atoms with Gasteiger partial charge in [-0.05, 0) is 25.1 Å². The van der Waals surface area contributed by atoms with Crippen molar-refractivity contribution in [2.45, 2.75) is 6.92 Å². The van der Waals surface area contributed by atoms with Crippen molar-refractivity contribution in [2.24, 2.45) is 5.10 Å². The Balaban J connectivity index is 2.03. The lowest BCUT2D eigenvalue weighted by atomic mass is 10.1. The quantitative estimate of drug-likeness (QED) is 0.559. The summed E-state index contributed by atoms with van der Waals surface area (Å²) in [6.07, 6.45) is 2.86. The predicted octanol–water partition coefficient (Wildman–Crippen LogP) is 1.19. The number of nitrogens with one attached hydrogen (secondary N) is 2. The minimum Gasteiger partial charge on any atom is -0.507 e. The number of aromatic amines is 1. The molecule has 6 heteroatoms. The van der Waals surface area contributed by atoms with Gasteiger partial charge in [0, 0.05) is 11.8 Å². The third-order valence-electron chi connectivity index (χ3n) is 2.30. The number of amides is 1. The van der Waals surface area contributed by atoms with Crippen LogP contribution in [0.1, 0.15) is 21.6 Å². The summed E-state index contributed by atoms with van der Waals surface area (Å²) >= 11 is 0. The largest absolute Gasteiger partial charge is 0.507 e. The van der Waals surface area contributed by atoms with E-state index in [4.69, 9.17) is 0 Å². The number of aromatic hydroxyl groups is 1. The lowest BCUT2D eigenvalue weighted by molar-refractivity contribution is 0.0950. The number of H-pyrrole nitrogens is 1. The van der Waals surface area contributed by atoms with Gasteiger partial charge in [0.05, 0.1) is 6.21 Å². The number of carbonyl (C=O) groups is 1. The zero-order valence-electron chi connectivity index (χ0n) is 9.71. The number of rotatable bonds is 3. The van der Waals surface area contributed by atoms with Gasteiger partial charge in [0.1, 0.15) is 11.4 Å². The van der Waals surface area contributed by atoms with Gasteiger partial charge < -0.3 is 5.11 Å². The average Bonchev–Trinajstić information content (AvgIpc) is 2.87. The van der Waals surface area contributed by atoms with E-state index in [-0.39, 0.29) is 5.75 Å². The summed E-state index contributed by atoms with van der Waals surface area (Å²) in [6.45, 7) is 1.90. The number of nitrogens with zero attached hydrogens (tertiary/aromatic N) is 2. The Morgan fingerprint density at radius 3 is 3.06 bits per heavy atom. The van der Waals surface area contributed by atoms with Crippen molar-refractivity contribution in [1.82, 2.24) is 15.6 Å². The fourth-order valence-corrected chi connectivity index (χ4v) is 1.38. The Morgan fingerprint density at radius 1 is 1.50 bits per heavy atom. The monoisotopic (exact) mass is 244 g/mol. The van der Waals surface area contributed by atoms with Crippen LogP contribution in [0.25, 0.3) is 0 Å². The van der Waals surface area contributed by atoms with Crippen LogP contribution >= 0.6 is 0 Å². The van der Waals surface area contributed by atoms with Crippen molar-refractivity contribution in [1.29, 1.82) is 0 Å². The molecule has 0 atom stereocenters. The van der Waals surface area contributed by atoms with Gasteiger partial charge in [-0.25, -0.2) is 5.43 Å². The Morgan fingerprint density at radius 2 is 2.33 bits per heavy atom. The molecule has 0 fully saturated rings. The van der Waals surface area contributed by atoms with Crippen molar-refractivity contribution in [2.75, 3.05) is 0 Å². The Bertz CT molecular complexity index is 576. The second-order valence-corrected chi connectivity index (χ2v) is 3.73. The molecule has 1 aromatic carbocycles. The SMILES string of the molecule is Cc1ccc(O)c(/C=N/NC(=O)c2ccn[nH]2)c1. The summed E-state index contributed by atoms with van der Waals surface area (Å²) < 4.78 is 0. The molecule has 3 N–H and O–H groups in total. The second kappa shape index (κ2) is 5.13. The molecule has 0 saturated carbocycles. The Labute approximate surface area is 103 Å². The molecule has 0 unspecified atom stereocenters. The molecule has 1 aromatic heterocycles. The van der Waals surface area contributed by atoms with Crippen LogP contribution in [0.3, 0.4) is 0 Å². The van der Waals surface area contributed by atoms with Crippen LogP contribution in [0, 0.1) is 6.92 Å². The highest BCUT2D eigenvalue weighted by molar-refractivity contribution is 5.93. The summed E-state index contributed by atoms with van der Waals surface area (Å²) in [4.78, 5) is 11.5. The fourth-order valence-electron chi connectivity index (χ4n) is 1.38. The summed E-state index contributed by atoms with van der Waals surface area (Å²) in [6, 6.07) is 6.67. The van der Waals surface area contributed by atoms with Crippen LogP contribution in [0.2, 0.25) is 0 Å². The van der Waals surface area contributed by atoms with Crippen molar-refractivity contribution in [3.8, 4) is 5.75 Å². The number of carbonyl (C=O) groups excluding carboxylic acids is 1. The summed E-state index contributed by atoms with van der Waals surface area (Å²) in [7, 11) is 0. The molecule has 0 spiro atoms. The van der Waals surface area contributed by atoms with Crippen molar-refractivity contribution in [3.05, 3.63) is 47.3 Å². The lowest BCUT2D eigenvalue weighted by Gasteiger charge is -2.00. The van der Waals surface area contributed by atoms with Gasteiger partial charge in [0.25, 0.3) is 5.91 Å². The van der Waals surface area contributed by atoms with Gasteiger partial charge in [0.2, 0.25) is 0 Å². The fraction of sp³-hybridized carbons (Fsp3) is 0.0833. The van der Waals surface area contributed by atoms with E-state index in [9.17, 15) is 9.90 Å². The molecule has 1 heterocycles. The van der Waals surface area contributed by atoms with Gasteiger partial charge in [-0.1, -0.05) is 11.6 Å². The van der Waals surface area contributed by atoms with E-state index in [1.165, 1.54) is 18.5 Å². The third-order valence-corrected chi connectivity index (χ3v) is 2.30. The van der Waals surface area contributed by atoms with Gasteiger partial charge >= 0.3 is 0 Å². The minimum absolute atomic E-state index is 0.111. The van der Waals surface area contributed by atoms with Gasteiger partial charge in [-0.2, -0.15) is 10.2 Å². The van der Waals surface area contributed by atoms with E-state index in [1.54, 1.807) is 18.2 Å². The predicted molar refractivity (Wildman–Crippen MR) is 66.5 cm³/mol. The van der Waals surface area contributed by atoms with Crippen molar-refractivity contribution < 1.29 is 9.90 Å². The molecule has 92 valence electrons. The van der Waals surface area contributed by atoms with Gasteiger partial charge in [-0.3, -0.25) is 9.89 Å². The first-order chi connectivity index (χ1) is 8.66. The maximum Gasteiger partial charge on any atom is 0.289 e. The van der Waals surface area contributed by atoms with Crippen LogP contribution in [-0.2, 0) is 0 Å². The highest BCUT2D eigenvalue weighted by atomic mass is 16.3. The molecular formula is C12H12N4O2. The molecule has 0 radical (unpaired) electrons. The first-order valence-corrected chi connectivity index (χ1v) is 5.29. The number of hydrogen-bond acceptors (Lipinski definition) is 4. The molecule has 0 bridgehead atoms. The average molecular weight is 244 g/mol. The third kappa shape index (κ3) is 2.73. The second-order valence-electron chi connectivity index (χ2n) is 3.73. The molecule has 0 aliphatic heterocycles. The van der Waals surface area contributed by atoms with Crippen LogP contribution in [-0.4, -0.2) is 27.4 Å². The molecule has 0 saturated heterocycles. The Kier molecular flexibility index (Phi) is 3.38. The van der Waals surface area contributed by atoms with Gasteiger partial charge in [0.15, 0.2) is 0 Å². The number of hydrogen-bond donors (Lipinski definition) is 3. The number of aryl methyl sites for hydroxylation is 1.